The molecule has 1 amide bonds. The molecule has 7 nitrogen and oxygen atoms in total. The molecule has 0 aliphatic carbocycles. The van der Waals surface area contributed by atoms with Gasteiger partial charge in [-0.2, -0.15) is 0 Å². The highest BCUT2D eigenvalue weighted by atomic mass is 35.5. The molecule has 170 valence electrons. The lowest BCUT2D eigenvalue weighted by Gasteiger charge is -2.07. The fourth-order valence-electron chi connectivity index (χ4n) is 3.46. The minimum atomic E-state index is -0.460. The topological polar surface area (TPSA) is 82.2 Å². The summed E-state index contributed by atoms with van der Waals surface area (Å²) in [5, 5.41) is 10.1. The highest BCUT2D eigenvalue weighted by Gasteiger charge is 2.15. The van der Waals surface area contributed by atoms with Crippen molar-refractivity contribution in [3.63, 3.8) is 0 Å². The number of amides is 1. The molecule has 0 radical (unpaired) electrons. The molecule has 0 atom stereocenters. The Kier molecular flexibility index (Phi) is 6.20. The standard InChI is InChI=1S/C25H18Cl2N4O3/c26-18-9-8-17(21(27)12-18)13-31-15-28-25(30-31)29-24(32)23-11-10-19(34-23)14-33-22-7-3-5-16-4-1-2-6-20(16)22/h1-12,15H,13-14H2,(H,29,30,32). The van der Waals surface area contributed by atoms with E-state index in [0.717, 1.165) is 22.1 Å². The zero-order valence-electron chi connectivity index (χ0n) is 17.7. The van der Waals surface area contributed by atoms with E-state index < -0.39 is 5.91 Å². The van der Waals surface area contributed by atoms with Gasteiger partial charge < -0.3 is 9.15 Å². The summed E-state index contributed by atoms with van der Waals surface area (Å²) >= 11 is 12.1. The lowest BCUT2D eigenvalue weighted by Crippen LogP contribution is -2.12. The second kappa shape index (κ2) is 9.59. The lowest BCUT2D eigenvalue weighted by atomic mass is 10.1. The summed E-state index contributed by atoms with van der Waals surface area (Å²) in [6.07, 6.45) is 1.51. The molecule has 0 saturated carbocycles. The number of hydrogen-bond donors (Lipinski definition) is 1. The van der Waals surface area contributed by atoms with Crippen molar-refractivity contribution in [2.24, 2.45) is 0 Å². The minimum absolute atomic E-state index is 0.133. The van der Waals surface area contributed by atoms with Gasteiger partial charge in [-0.05, 0) is 41.3 Å². The molecule has 2 heterocycles. The van der Waals surface area contributed by atoms with Crippen molar-refractivity contribution >= 4 is 45.8 Å². The van der Waals surface area contributed by atoms with Crippen molar-refractivity contribution in [1.29, 1.82) is 0 Å². The van der Waals surface area contributed by atoms with Crippen LogP contribution in [0.5, 0.6) is 5.75 Å². The normalized spacial score (nSPS) is 11.0. The van der Waals surface area contributed by atoms with Crippen molar-refractivity contribution in [3.8, 4) is 5.75 Å². The molecule has 9 heteroatoms. The highest BCUT2D eigenvalue weighted by molar-refractivity contribution is 6.35. The number of nitrogens with one attached hydrogen (secondary N) is 1. The predicted molar refractivity (Wildman–Crippen MR) is 131 cm³/mol. The first kappa shape index (κ1) is 22.0. The van der Waals surface area contributed by atoms with Crippen LogP contribution in [0.4, 0.5) is 5.95 Å². The minimum Gasteiger partial charge on any atom is -0.485 e. The van der Waals surface area contributed by atoms with Crippen molar-refractivity contribution in [2.75, 3.05) is 5.32 Å². The fraction of sp³-hybridized carbons (Fsp3) is 0.0800. The molecule has 0 aliphatic heterocycles. The number of halogens is 2. The van der Waals surface area contributed by atoms with Gasteiger partial charge in [-0.25, -0.2) is 9.67 Å². The number of furan rings is 1. The predicted octanol–water partition coefficient (Wildman–Crippen LogP) is 6.21. The molecule has 0 fully saturated rings. The molecule has 0 spiro atoms. The lowest BCUT2D eigenvalue weighted by molar-refractivity contribution is 0.0991. The summed E-state index contributed by atoms with van der Waals surface area (Å²) in [5.74, 6) is 1.09. The van der Waals surface area contributed by atoms with E-state index in [-0.39, 0.29) is 18.3 Å². The van der Waals surface area contributed by atoms with Gasteiger partial charge in [0.05, 0.1) is 6.54 Å². The Labute approximate surface area is 204 Å². The Morgan fingerprint density at radius 1 is 1.03 bits per heavy atom. The number of rotatable bonds is 7. The molecule has 5 rings (SSSR count). The summed E-state index contributed by atoms with van der Waals surface area (Å²) in [5.41, 5.74) is 0.829. The first-order valence-corrected chi connectivity index (χ1v) is 11.1. The van der Waals surface area contributed by atoms with E-state index >= 15 is 0 Å². The Morgan fingerprint density at radius 3 is 2.76 bits per heavy atom. The Morgan fingerprint density at radius 2 is 1.88 bits per heavy atom. The number of hydrogen-bond acceptors (Lipinski definition) is 5. The van der Waals surface area contributed by atoms with Crippen molar-refractivity contribution in [1.82, 2.24) is 14.8 Å². The number of fused-ring (bicyclic) bond motifs is 1. The molecule has 2 aromatic heterocycles. The Bertz CT molecular complexity index is 1470. The third-order valence-electron chi connectivity index (χ3n) is 5.11. The van der Waals surface area contributed by atoms with Gasteiger partial charge in [0.15, 0.2) is 5.76 Å². The van der Waals surface area contributed by atoms with Gasteiger partial charge >= 0.3 is 0 Å². The average Bonchev–Trinajstić information content (AvgIpc) is 3.49. The highest BCUT2D eigenvalue weighted by Crippen LogP contribution is 2.26. The molecule has 5 aromatic rings. The Hall–Kier alpha value is -3.81. The van der Waals surface area contributed by atoms with E-state index in [1.54, 1.807) is 28.9 Å². The number of anilines is 1. The molecule has 0 unspecified atom stereocenters. The fourth-order valence-corrected chi connectivity index (χ4v) is 3.93. The van der Waals surface area contributed by atoms with Crippen LogP contribution in [0.3, 0.4) is 0 Å². The van der Waals surface area contributed by atoms with Crippen LogP contribution in [0.15, 0.2) is 83.5 Å². The molecule has 0 saturated heterocycles. The van der Waals surface area contributed by atoms with Crippen LogP contribution in [0.2, 0.25) is 10.0 Å². The third-order valence-corrected chi connectivity index (χ3v) is 5.70. The van der Waals surface area contributed by atoms with Gasteiger partial charge in [0.25, 0.3) is 5.91 Å². The zero-order valence-corrected chi connectivity index (χ0v) is 19.3. The van der Waals surface area contributed by atoms with E-state index in [2.05, 4.69) is 15.4 Å². The van der Waals surface area contributed by atoms with Gasteiger partial charge in [0.2, 0.25) is 5.95 Å². The number of nitrogens with zero attached hydrogens (tertiary/aromatic N) is 3. The van der Waals surface area contributed by atoms with Gasteiger partial charge in [-0.15, -0.1) is 5.10 Å². The number of benzene rings is 3. The number of carbonyl (C=O) groups is 1. The molecular formula is C25H18Cl2N4O3. The van der Waals surface area contributed by atoms with E-state index in [9.17, 15) is 4.79 Å². The Balaban J connectivity index is 1.20. The number of ether oxygens (including phenoxy) is 1. The van der Waals surface area contributed by atoms with E-state index in [1.165, 1.54) is 6.33 Å². The summed E-state index contributed by atoms with van der Waals surface area (Å²) in [7, 11) is 0. The smallest absolute Gasteiger partial charge is 0.293 e. The molecular weight excluding hydrogens is 475 g/mol. The van der Waals surface area contributed by atoms with Crippen LogP contribution in [0, 0.1) is 0 Å². The van der Waals surface area contributed by atoms with E-state index in [4.69, 9.17) is 32.4 Å². The SMILES string of the molecule is O=C(Nc1ncn(Cc2ccc(Cl)cc2Cl)n1)c1ccc(COc2cccc3ccccc23)o1. The quantitative estimate of drug-likeness (QED) is 0.292. The second-order valence-electron chi connectivity index (χ2n) is 7.49. The van der Waals surface area contributed by atoms with Crippen molar-refractivity contribution in [2.45, 2.75) is 13.2 Å². The van der Waals surface area contributed by atoms with Gasteiger partial charge in [-0.3, -0.25) is 10.1 Å². The average molecular weight is 493 g/mol. The van der Waals surface area contributed by atoms with E-state index in [1.807, 2.05) is 48.5 Å². The van der Waals surface area contributed by atoms with Crippen LogP contribution in [0.1, 0.15) is 21.9 Å². The maximum absolute atomic E-state index is 12.6. The number of carbonyl (C=O) groups excluding carboxylic acids is 1. The largest absolute Gasteiger partial charge is 0.485 e. The van der Waals surface area contributed by atoms with Gasteiger partial charge in [-0.1, -0.05) is 65.7 Å². The molecule has 0 bridgehead atoms. The van der Waals surface area contributed by atoms with Gasteiger partial charge in [0.1, 0.15) is 24.4 Å². The summed E-state index contributed by atoms with van der Waals surface area (Å²) in [6, 6.07) is 22.3. The summed E-state index contributed by atoms with van der Waals surface area (Å²) in [4.78, 5) is 16.7. The maximum Gasteiger partial charge on any atom is 0.293 e. The van der Waals surface area contributed by atoms with Crippen LogP contribution in [0.25, 0.3) is 10.8 Å². The summed E-state index contributed by atoms with van der Waals surface area (Å²) in [6.45, 7) is 0.575. The maximum atomic E-state index is 12.6. The monoisotopic (exact) mass is 492 g/mol. The molecule has 1 N–H and O–H groups in total. The first-order valence-electron chi connectivity index (χ1n) is 10.4. The first-order chi connectivity index (χ1) is 16.5. The summed E-state index contributed by atoms with van der Waals surface area (Å²) < 4.78 is 13.1. The van der Waals surface area contributed by atoms with Crippen molar-refractivity contribution < 1.29 is 13.9 Å². The van der Waals surface area contributed by atoms with Gasteiger partial charge in [0, 0.05) is 15.4 Å². The zero-order chi connectivity index (χ0) is 23.5. The van der Waals surface area contributed by atoms with Crippen LogP contribution in [-0.4, -0.2) is 20.7 Å². The van der Waals surface area contributed by atoms with E-state index in [0.29, 0.717) is 22.4 Å². The third kappa shape index (κ3) is 4.90. The van der Waals surface area contributed by atoms with Crippen molar-refractivity contribution in [3.05, 3.63) is 106 Å². The molecule has 34 heavy (non-hydrogen) atoms. The van der Waals surface area contributed by atoms with Crippen LogP contribution >= 0.6 is 23.2 Å². The molecule has 0 aliphatic rings. The molecule has 3 aromatic carbocycles. The van der Waals surface area contributed by atoms with Crippen LogP contribution in [-0.2, 0) is 13.2 Å². The van der Waals surface area contributed by atoms with Crippen LogP contribution < -0.4 is 10.1 Å². The second-order valence-corrected chi connectivity index (χ2v) is 8.33. The number of aromatic nitrogens is 3.